The van der Waals surface area contributed by atoms with E-state index in [1.165, 1.54) is 32.1 Å². The van der Waals surface area contributed by atoms with Gasteiger partial charge in [-0.05, 0) is 38.1 Å². The van der Waals surface area contributed by atoms with Crippen LogP contribution in [-0.2, 0) is 13.5 Å². The molecule has 0 radical (unpaired) electrons. The number of aromatic nitrogens is 3. The van der Waals surface area contributed by atoms with Gasteiger partial charge >= 0.3 is 0 Å². The van der Waals surface area contributed by atoms with E-state index in [4.69, 9.17) is 0 Å². The lowest BCUT2D eigenvalue weighted by molar-refractivity contribution is 0.280. The standard InChI is InChI=1S/C13H24N4/c1-3-7-14-12-6-4-5-11(8-12)9-13-15-10-16-17(13)2/h10-12,14H,3-9H2,1-2H3. The summed E-state index contributed by atoms with van der Waals surface area (Å²) in [6, 6.07) is 0.724. The molecule has 1 saturated carbocycles. The van der Waals surface area contributed by atoms with Gasteiger partial charge < -0.3 is 5.32 Å². The second-order valence-electron chi connectivity index (χ2n) is 5.19. The van der Waals surface area contributed by atoms with E-state index in [0.29, 0.717) is 0 Å². The van der Waals surface area contributed by atoms with E-state index in [2.05, 4.69) is 22.3 Å². The minimum atomic E-state index is 0.724. The highest BCUT2D eigenvalue weighted by Gasteiger charge is 2.22. The third-order valence-corrected chi connectivity index (χ3v) is 3.74. The molecule has 1 fully saturated rings. The van der Waals surface area contributed by atoms with Gasteiger partial charge in [0.25, 0.3) is 0 Å². The fourth-order valence-corrected chi connectivity index (χ4v) is 2.77. The van der Waals surface area contributed by atoms with Gasteiger partial charge in [0, 0.05) is 19.5 Å². The van der Waals surface area contributed by atoms with Crippen LogP contribution in [-0.4, -0.2) is 27.4 Å². The van der Waals surface area contributed by atoms with Crippen LogP contribution in [0.2, 0.25) is 0 Å². The van der Waals surface area contributed by atoms with Crippen LogP contribution < -0.4 is 5.32 Å². The van der Waals surface area contributed by atoms with E-state index >= 15 is 0 Å². The van der Waals surface area contributed by atoms with Gasteiger partial charge in [0.15, 0.2) is 0 Å². The van der Waals surface area contributed by atoms with Gasteiger partial charge in [-0.1, -0.05) is 13.3 Å². The molecule has 2 rings (SSSR count). The summed E-state index contributed by atoms with van der Waals surface area (Å²) in [6.07, 6.45) is 9.31. The molecule has 2 atom stereocenters. The molecule has 4 nitrogen and oxygen atoms in total. The number of rotatable bonds is 5. The molecule has 0 aromatic carbocycles. The van der Waals surface area contributed by atoms with Crippen molar-refractivity contribution < 1.29 is 0 Å². The summed E-state index contributed by atoms with van der Waals surface area (Å²) in [5.74, 6) is 1.91. The van der Waals surface area contributed by atoms with E-state index < -0.39 is 0 Å². The third-order valence-electron chi connectivity index (χ3n) is 3.74. The summed E-state index contributed by atoms with van der Waals surface area (Å²) in [4.78, 5) is 4.33. The van der Waals surface area contributed by atoms with Crippen molar-refractivity contribution in [3.05, 3.63) is 12.2 Å². The predicted molar refractivity (Wildman–Crippen MR) is 68.7 cm³/mol. The number of hydrogen-bond donors (Lipinski definition) is 1. The third kappa shape index (κ3) is 3.53. The number of nitrogens with zero attached hydrogens (tertiary/aromatic N) is 3. The summed E-state index contributed by atoms with van der Waals surface area (Å²) in [5.41, 5.74) is 0. The second-order valence-corrected chi connectivity index (χ2v) is 5.19. The van der Waals surface area contributed by atoms with E-state index in [9.17, 15) is 0 Å². The molecule has 1 aromatic heterocycles. The first kappa shape index (κ1) is 12.6. The van der Waals surface area contributed by atoms with Crippen molar-refractivity contribution in [2.45, 2.75) is 51.5 Å². The maximum absolute atomic E-state index is 4.33. The topological polar surface area (TPSA) is 42.7 Å². The second kappa shape index (κ2) is 6.15. The van der Waals surface area contributed by atoms with Gasteiger partial charge in [0.2, 0.25) is 0 Å². The van der Waals surface area contributed by atoms with Crippen LogP contribution in [0.1, 0.15) is 44.9 Å². The molecule has 2 unspecified atom stereocenters. The first-order valence-electron chi connectivity index (χ1n) is 6.85. The molecule has 4 heteroatoms. The number of aryl methyl sites for hydroxylation is 1. The molecule has 1 aliphatic rings. The van der Waals surface area contributed by atoms with Crippen molar-refractivity contribution in [2.75, 3.05) is 6.54 Å². The quantitative estimate of drug-likeness (QED) is 0.849. The molecule has 0 amide bonds. The molecule has 0 saturated heterocycles. The lowest BCUT2D eigenvalue weighted by atomic mass is 9.83. The minimum Gasteiger partial charge on any atom is -0.314 e. The van der Waals surface area contributed by atoms with Crippen LogP contribution in [0.5, 0.6) is 0 Å². The highest BCUT2D eigenvalue weighted by Crippen LogP contribution is 2.26. The number of nitrogens with one attached hydrogen (secondary N) is 1. The monoisotopic (exact) mass is 236 g/mol. The largest absolute Gasteiger partial charge is 0.314 e. The Labute approximate surface area is 104 Å². The zero-order valence-electron chi connectivity index (χ0n) is 11.0. The van der Waals surface area contributed by atoms with Crippen molar-refractivity contribution in [3.8, 4) is 0 Å². The molecular formula is C13H24N4. The Balaban J connectivity index is 1.83. The first-order chi connectivity index (χ1) is 8.29. The highest BCUT2D eigenvalue weighted by atomic mass is 15.3. The molecule has 1 aliphatic carbocycles. The lowest BCUT2D eigenvalue weighted by Crippen LogP contribution is -2.35. The van der Waals surface area contributed by atoms with Gasteiger partial charge in [-0.25, -0.2) is 4.98 Å². The summed E-state index contributed by atoms with van der Waals surface area (Å²) in [6.45, 7) is 3.38. The van der Waals surface area contributed by atoms with E-state index in [1.807, 2.05) is 11.7 Å². The predicted octanol–water partition coefficient (Wildman–Crippen LogP) is 1.92. The minimum absolute atomic E-state index is 0.724. The average molecular weight is 236 g/mol. The zero-order chi connectivity index (χ0) is 12.1. The van der Waals surface area contributed by atoms with Gasteiger partial charge in [-0.2, -0.15) is 5.10 Å². The smallest absolute Gasteiger partial charge is 0.138 e. The first-order valence-corrected chi connectivity index (χ1v) is 6.85. The lowest BCUT2D eigenvalue weighted by Gasteiger charge is -2.29. The Hall–Kier alpha value is -0.900. The van der Waals surface area contributed by atoms with Gasteiger partial charge in [0.05, 0.1) is 0 Å². The SMILES string of the molecule is CCCNC1CCCC(Cc2ncnn2C)C1. The van der Waals surface area contributed by atoms with Crippen molar-refractivity contribution in [3.63, 3.8) is 0 Å². The van der Waals surface area contributed by atoms with Crippen molar-refractivity contribution in [2.24, 2.45) is 13.0 Å². The maximum Gasteiger partial charge on any atom is 0.138 e. The fraction of sp³-hybridized carbons (Fsp3) is 0.846. The van der Waals surface area contributed by atoms with Gasteiger partial charge in [-0.3, -0.25) is 4.68 Å². The van der Waals surface area contributed by atoms with E-state index in [1.54, 1.807) is 6.33 Å². The molecule has 0 bridgehead atoms. The van der Waals surface area contributed by atoms with Gasteiger partial charge in [0.1, 0.15) is 12.2 Å². The fourth-order valence-electron chi connectivity index (χ4n) is 2.77. The summed E-state index contributed by atoms with van der Waals surface area (Å²) in [5, 5.41) is 7.79. The Kier molecular flexibility index (Phi) is 4.54. The molecule has 0 spiro atoms. The maximum atomic E-state index is 4.33. The van der Waals surface area contributed by atoms with E-state index in [-0.39, 0.29) is 0 Å². The van der Waals surface area contributed by atoms with Gasteiger partial charge in [-0.15, -0.1) is 0 Å². The average Bonchev–Trinajstić information content (AvgIpc) is 2.73. The molecule has 0 aliphatic heterocycles. The Morgan fingerprint density at radius 3 is 3.06 bits per heavy atom. The Bertz CT molecular complexity index is 334. The van der Waals surface area contributed by atoms with Crippen molar-refractivity contribution in [1.29, 1.82) is 0 Å². The van der Waals surface area contributed by atoms with Crippen LogP contribution in [0, 0.1) is 5.92 Å². The van der Waals surface area contributed by atoms with Crippen molar-refractivity contribution in [1.82, 2.24) is 20.1 Å². The molecule has 17 heavy (non-hydrogen) atoms. The zero-order valence-corrected chi connectivity index (χ0v) is 11.0. The molecular weight excluding hydrogens is 212 g/mol. The normalized spacial score (nSPS) is 25.1. The van der Waals surface area contributed by atoms with Crippen LogP contribution in [0.3, 0.4) is 0 Å². The Morgan fingerprint density at radius 1 is 1.47 bits per heavy atom. The number of hydrogen-bond acceptors (Lipinski definition) is 3. The van der Waals surface area contributed by atoms with Crippen LogP contribution in [0.15, 0.2) is 6.33 Å². The van der Waals surface area contributed by atoms with Crippen LogP contribution in [0.25, 0.3) is 0 Å². The molecule has 1 aromatic rings. The highest BCUT2D eigenvalue weighted by molar-refractivity contribution is 4.89. The molecule has 96 valence electrons. The van der Waals surface area contributed by atoms with Crippen molar-refractivity contribution >= 4 is 0 Å². The Morgan fingerprint density at radius 2 is 2.35 bits per heavy atom. The summed E-state index contributed by atoms with van der Waals surface area (Å²) >= 11 is 0. The summed E-state index contributed by atoms with van der Waals surface area (Å²) < 4.78 is 1.91. The van der Waals surface area contributed by atoms with Crippen LogP contribution in [0.4, 0.5) is 0 Å². The molecule has 1 N–H and O–H groups in total. The van der Waals surface area contributed by atoms with E-state index in [0.717, 1.165) is 30.7 Å². The van der Waals surface area contributed by atoms with Crippen LogP contribution >= 0.6 is 0 Å². The molecule has 1 heterocycles. The summed E-state index contributed by atoms with van der Waals surface area (Å²) in [7, 11) is 1.98.